The third-order valence-electron chi connectivity index (χ3n) is 17.3. The number of para-hydroxylation sites is 6. The maximum absolute atomic E-state index is 6.49. The van der Waals surface area contributed by atoms with Gasteiger partial charge < -0.3 is 27.0 Å². The molecule has 9 nitrogen and oxygen atoms in total. The highest BCUT2D eigenvalue weighted by Gasteiger charge is 2.22. The van der Waals surface area contributed by atoms with E-state index < -0.39 is 0 Å². The Labute approximate surface area is 476 Å². The van der Waals surface area contributed by atoms with Crippen LogP contribution in [0, 0.1) is 0 Å². The van der Waals surface area contributed by atoms with Crippen molar-refractivity contribution in [3.63, 3.8) is 0 Å². The molecular weight excluding hydrogens is 1030 g/mol. The molecule has 12 aromatic carbocycles. The van der Waals surface area contributed by atoms with Gasteiger partial charge in [0.25, 0.3) is 0 Å². The molecule has 19 aromatic rings. The Morgan fingerprint density at radius 2 is 0.536 bits per heavy atom. The minimum absolute atomic E-state index is 0.549. The van der Waals surface area contributed by atoms with Crippen LogP contribution in [0.1, 0.15) is 0 Å². The molecule has 0 N–H and O–H groups in total. The average molecular weight is 1080 g/mol. The van der Waals surface area contributed by atoms with E-state index in [0.29, 0.717) is 17.5 Å². The smallest absolute Gasteiger partial charge is 0.164 e. The Hall–Kier alpha value is -11.6. The second kappa shape index (κ2) is 17.0. The number of fused-ring (bicyclic) bond motifs is 18. The minimum atomic E-state index is 0.549. The predicted octanol–water partition coefficient (Wildman–Crippen LogP) is 19.9. The zero-order valence-corrected chi connectivity index (χ0v) is 44.7. The highest BCUT2D eigenvalue weighted by atomic mass is 16.3. The normalized spacial score (nSPS) is 12.3. The molecule has 0 radical (unpaired) electrons. The molecule has 0 aliphatic carbocycles. The molecule has 390 valence electrons. The topological polar surface area (TPSA) is 92.9 Å². The summed E-state index contributed by atoms with van der Waals surface area (Å²) in [5, 5.41) is 13.6. The first-order valence-corrected chi connectivity index (χ1v) is 28.2. The molecule has 0 saturated carbocycles. The fourth-order valence-corrected chi connectivity index (χ4v) is 13.5. The van der Waals surface area contributed by atoms with E-state index in [1.54, 1.807) is 0 Å². The summed E-state index contributed by atoms with van der Waals surface area (Å²) in [7, 11) is 0. The summed E-state index contributed by atoms with van der Waals surface area (Å²) in [6.07, 6.45) is 0. The van der Waals surface area contributed by atoms with Crippen molar-refractivity contribution in [2.24, 2.45) is 0 Å². The Morgan fingerprint density at radius 3 is 0.929 bits per heavy atom. The molecule has 0 aliphatic rings. The molecule has 0 unspecified atom stereocenters. The molecule has 19 rings (SSSR count). The van der Waals surface area contributed by atoms with Crippen LogP contribution in [-0.4, -0.2) is 28.7 Å². The fraction of sp³-hybridized carbons (Fsp3) is 0. The molecule has 0 bridgehead atoms. The van der Waals surface area contributed by atoms with Crippen molar-refractivity contribution in [3.8, 4) is 51.2 Å². The monoisotopic (exact) mass is 1070 g/mol. The van der Waals surface area contributed by atoms with Crippen LogP contribution in [0.5, 0.6) is 0 Å². The lowest BCUT2D eigenvalue weighted by Crippen LogP contribution is -2.02. The SMILES string of the molecule is c1cc(-c2nc(-c3ccc(-n4c5ccccc5c5cc6c(cc54)oc4ccccc46)cc3)nc(-c3cccc(-n4c5ccccc5c5cc6c(cc54)oc4ccccc46)c3)n2)cc(-n2c3ccccc3c3cc4c(cc32)oc2ccccc24)c1. The van der Waals surface area contributed by atoms with E-state index in [2.05, 4.69) is 232 Å². The van der Waals surface area contributed by atoms with E-state index >= 15 is 0 Å². The Balaban J connectivity index is 0.791. The molecule has 7 heterocycles. The van der Waals surface area contributed by atoms with Crippen LogP contribution in [-0.2, 0) is 0 Å². The number of hydrogen-bond acceptors (Lipinski definition) is 6. The second-order valence-electron chi connectivity index (χ2n) is 21.9. The van der Waals surface area contributed by atoms with E-state index in [1.807, 2.05) is 36.4 Å². The number of benzene rings is 12. The van der Waals surface area contributed by atoms with Crippen LogP contribution in [0.25, 0.3) is 182 Å². The molecule has 0 atom stereocenters. The summed E-state index contributed by atoms with van der Waals surface area (Å²) >= 11 is 0. The van der Waals surface area contributed by atoms with Crippen molar-refractivity contribution >= 4 is 131 Å². The van der Waals surface area contributed by atoms with Gasteiger partial charge in [-0.3, -0.25) is 0 Å². The Bertz CT molecular complexity index is 5760. The number of aromatic nitrogens is 6. The third-order valence-corrected chi connectivity index (χ3v) is 17.3. The van der Waals surface area contributed by atoms with E-state index in [9.17, 15) is 0 Å². The standard InChI is InChI=1S/C75H42N6O3/c1-7-25-61-49(19-1)55-37-58-52-22-4-10-28-67(52)82-70(58)40-64(55)79(61)46-33-31-43(32-34-46)73-76-74(44-15-13-17-47(35-44)80-62-26-8-2-20-50(62)56-38-59-53-23-5-11-29-68(53)83-71(59)41-65(56)80)78-75(77-73)45-16-14-18-48(36-45)81-63-27-9-3-21-51(63)57-39-60-54-24-6-12-30-69(54)84-72(60)42-66(57)81/h1-42H. The van der Waals surface area contributed by atoms with Crippen molar-refractivity contribution in [2.45, 2.75) is 0 Å². The molecule has 0 saturated heterocycles. The Kier molecular flexibility index (Phi) is 9.15. The summed E-state index contributed by atoms with van der Waals surface area (Å²) in [5.41, 5.74) is 17.1. The molecule has 0 fully saturated rings. The molecule has 0 spiro atoms. The van der Waals surface area contributed by atoms with E-state index in [1.165, 1.54) is 5.39 Å². The van der Waals surface area contributed by atoms with Gasteiger partial charge in [0.05, 0.1) is 33.1 Å². The largest absolute Gasteiger partial charge is 0.456 e. The molecule has 84 heavy (non-hydrogen) atoms. The van der Waals surface area contributed by atoms with Gasteiger partial charge in [-0.05, 0) is 103 Å². The lowest BCUT2D eigenvalue weighted by Gasteiger charge is -2.13. The first-order chi connectivity index (χ1) is 41.6. The highest BCUT2D eigenvalue weighted by molar-refractivity contribution is 6.20. The zero-order chi connectivity index (χ0) is 54.7. The highest BCUT2D eigenvalue weighted by Crippen LogP contribution is 2.43. The summed E-state index contributed by atoms with van der Waals surface area (Å²) in [6, 6.07) is 89.6. The number of hydrogen-bond donors (Lipinski definition) is 0. The van der Waals surface area contributed by atoms with Crippen molar-refractivity contribution in [3.05, 3.63) is 255 Å². The average Bonchev–Trinajstić information content (AvgIpc) is 2.34. The van der Waals surface area contributed by atoms with Crippen LogP contribution < -0.4 is 0 Å². The summed E-state index contributed by atoms with van der Waals surface area (Å²) < 4.78 is 26.4. The quantitative estimate of drug-likeness (QED) is 0.165. The first kappa shape index (κ1) is 45.2. The van der Waals surface area contributed by atoms with Gasteiger partial charge in [0.15, 0.2) is 17.5 Å². The molecular formula is C75H42N6O3. The summed E-state index contributed by atoms with van der Waals surface area (Å²) in [6.45, 7) is 0. The van der Waals surface area contributed by atoms with E-state index in [0.717, 1.165) is 160 Å². The molecule has 0 amide bonds. The van der Waals surface area contributed by atoms with Gasteiger partial charge in [-0.2, -0.15) is 0 Å². The van der Waals surface area contributed by atoms with Crippen LogP contribution in [0.2, 0.25) is 0 Å². The molecule has 9 heteroatoms. The van der Waals surface area contributed by atoms with Crippen LogP contribution in [0.15, 0.2) is 268 Å². The lowest BCUT2D eigenvalue weighted by atomic mass is 10.1. The summed E-state index contributed by atoms with van der Waals surface area (Å²) in [4.78, 5) is 16.2. The molecule has 7 aromatic heterocycles. The van der Waals surface area contributed by atoms with E-state index in [-0.39, 0.29) is 0 Å². The van der Waals surface area contributed by atoms with Crippen molar-refractivity contribution in [1.82, 2.24) is 28.7 Å². The van der Waals surface area contributed by atoms with Gasteiger partial charge in [-0.1, -0.05) is 133 Å². The predicted molar refractivity (Wildman–Crippen MR) is 341 cm³/mol. The van der Waals surface area contributed by atoms with Gasteiger partial charge in [0.1, 0.15) is 33.5 Å². The third kappa shape index (κ3) is 6.51. The Morgan fingerprint density at radius 1 is 0.202 bits per heavy atom. The first-order valence-electron chi connectivity index (χ1n) is 28.2. The van der Waals surface area contributed by atoms with Gasteiger partial charge >= 0.3 is 0 Å². The second-order valence-corrected chi connectivity index (χ2v) is 21.9. The van der Waals surface area contributed by atoms with Crippen LogP contribution in [0.3, 0.4) is 0 Å². The van der Waals surface area contributed by atoms with Crippen molar-refractivity contribution in [1.29, 1.82) is 0 Å². The number of rotatable bonds is 6. The van der Waals surface area contributed by atoms with Crippen LogP contribution in [0.4, 0.5) is 0 Å². The van der Waals surface area contributed by atoms with Crippen molar-refractivity contribution < 1.29 is 13.3 Å². The number of furan rings is 3. The van der Waals surface area contributed by atoms with E-state index in [4.69, 9.17) is 28.2 Å². The van der Waals surface area contributed by atoms with Gasteiger partial charge in [0, 0.05) is 117 Å². The summed E-state index contributed by atoms with van der Waals surface area (Å²) in [5.74, 6) is 1.65. The van der Waals surface area contributed by atoms with Gasteiger partial charge in [-0.15, -0.1) is 0 Å². The maximum Gasteiger partial charge on any atom is 0.164 e. The zero-order valence-electron chi connectivity index (χ0n) is 44.7. The maximum atomic E-state index is 6.49. The van der Waals surface area contributed by atoms with Gasteiger partial charge in [0.2, 0.25) is 0 Å². The fourth-order valence-electron chi connectivity index (χ4n) is 13.5. The lowest BCUT2D eigenvalue weighted by molar-refractivity contribution is 0.669. The van der Waals surface area contributed by atoms with Crippen LogP contribution >= 0.6 is 0 Å². The molecule has 0 aliphatic heterocycles. The minimum Gasteiger partial charge on any atom is -0.456 e. The number of nitrogens with zero attached hydrogens (tertiary/aromatic N) is 6. The van der Waals surface area contributed by atoms with Gasteiger partial charge in [-0.25, -0.2) is 15.0 Å². The van der Waals surface area contributed by atoms with Crippen molar-refractivity contribution in [2.75, 3.05) is 0 Å².